The predicted molar refractivity (Wildman–Crippen MR) is 68.6 cm³/mol. The zero-order valence-electron chi connectivity index (χ0n) is 10.2. The van der Waals surface area contributed by atoms with Crippen molar-refractivity contribution in [3.8, 4) is 0 Å². The van der Waals surface area contributed by atoms with Gasteiger partial charge in [0.1, 0.15) is 5.02 Å². The largest absolute Gasteiger partial charge is 0.458 e. The Bertz CT molecular complexity index is 602. The molecule has 11 heteroatoms. The molecule has 9 nitrogen and oxygen atoms in total. The van der Waals surface area contributed by atoms with E-state index in [1.165, 1.54) is 0 Å². The third kappa shape index (κ3) is 3.34. The van der Waals surface area contributed by atoms with Gasteiger partial charge in [0, 0.05) is 4.91 Å². The molecule has 0 saturated carbocycles. The summed E-state index contributed by atoms with van der Waals surface area (Å²) in [7, 11) is -3.90. The van der Waals surface area contributed by atoms with E-state index in [-0.39, 0.29) is 18.9 Å². The number of hydrogen-bond donors (Lipinski definition) is 0. The summed E-state index contributed by atoms with van der Waals surface area (Å²) >= 11 is 5.71. The van der Waals surface area contributed by atoms with E-state index in [1.54, 1.807) is 13.8 Å². The molecule has 0 fully saturated rings. The van der Waals surface area contributed by atoms with Gasteiger partial charge >= 0.3 is 7.75 Å². The molecule has 0 spiro atoms. The van der Waals surface area contributed by atoms with Gasteiger partial charge in [-0.3, -0.25) is 13.8 Å². The average molecular weight is 308 g/mol. The Hall–Kier alpha value is -1.37. The zero-order chi connectivity index (χ0) is 14.5. The maximum atomic E-state index is 12.4. The van der Waals surface area contributed by atoms with Crippen LogP contribution in [0.4, 0.5) is 5.69 Å². The van der Waals surface area contributed by atoms with E-state index in [1.807, 2.05) is 0 Å². The van der Waals surface area contributed by atoms with Crippen LogP contribution in [0.3, 0.4) is 0 Å². The molecule has 0 aliphatic carbocycles. The van der Waals surface area contributed by atoms with Crippen molar-refractivity contribution in [1.29, 1.82) is 0 Å². The highest BCUT2D eigenvalue weighted by Crippen LogP contribution is 2.47. The minimum atomic E-state index is -3.90. The highest BCUT2D eigenvalue weighted by molar-refractivity contribution is 7.52. The molecule has 0 bridgehead atoms. The van der Waals surface area contributed by atoms with E-state index < -0.39 is 18.3 Å². The highest BCUT2D eigenvalue weighted by Gasteiger charge is 2.30. The van der Waals surface area contributed by atoms with Crippen molar-refractivity contribution < 1.29 is 13.6 Å². The van der Waals surface area contributed by atoms with Crippen molar-refractivity contribution in [3.05, 3.63) is 32.0 Å². The van der Waals surface area contributed by atoms with E-state index in [4.69, 9.17) is 26.2 Å². The van der Waals surface area contributed by atoms with Gasteiger partial charge in [-0.15, -0.1) is 4.45 Å². The van der Waals surface area contributed by atoms with Crippen LogP contribution >= 0.6 is 19.3 Å². The second kappa shape index (κ2) is 6.70. The van der Waals surface area contributed by atoms with Crippen molar-refractivity contribution >= 4 is 25.0 Å². The highest BCUT2D eigenvalue weighted by atomic mass is 35.5. The van der Waals surface area contributed by atoms with E-state index in [9.17, 15) is 9.36 Å². The van der Waals surface area contributed by atoms with Gasteiger partial charge in [-0.25, -0.2) is 4.57 Å². The maximum Gasteiger partial charge on any atom is 0.458 e. The molecule has 0 atom stereocenters. The van der Waals surface area contributed by atoms with Crippen LogP contribution in [0.25, 0.3) is 10.4 Å². The average Bonchev–Trinajstić information content (AvgIpc) is 2.36. The van der Waals surface area contributed by atoms with Gasteiger partial charge in [0.05, 0.1) is 25.1 Å². The number of aromatic nitrogens is 2. The SMILES string of the molecule is CCOP(=O)(OCC)n1ncc(N=[N+]=[N-])c(Cl)c1=O. The fourth-order valence-electron chi connectivity index (χ4n) is 1.18. The Kier molecular flexibility index (Phi) is 5.53. The van der Waals surface area contributed by atoms with Gasteiger partial charge in [0.15, 0.2) is 0 Å². The molecule has 1 aromatic heterocycles. The molecular formula is C8H11ClN5O4P. The van der Waals surface area contributed by atoms with Crippen molar-refractivity contribution in [2.75, 3.05) is 13.2 Å². The first kappa shape index (κ1) is 15.7. The molecule has 0 N–H and O–H groups in total. The first-order valence-electron chi connectivity index (χ1n) is 5.23. The van der Waals surface area contributed by atoms with Gasteiger partial charge in [-0.2, -0.15) is 5.10 Å². The van der Waals surface area contributed by atoms with Crippen molar-refractivity contribution in [2.45, 2.75) is 13.8 Å². The molecule has 1 heterocycles. The van der Waals surface area contributed by atoms with Crippen LogP contribution in [0.1, 0.15) is 13.8 Å². The lowest BCUT2D eigenvalue weighted by molar-refractivity contribution is 0.208. The zero-order valence-corrected chi connectivity index (χ0v) is 11.8. The summed E-state index contributed by atoms with van der Waals surface area (Å²) in [4.78, 5) is 14.4. The van der Waals surface area contributed by atoms with Crippen LogP contribution in [-0.4, -0.2) is 22.8 Å². The third-order valence-corrected chi connectivity index (χ3v) is 4.13. The molecule has 0 aromatic carbocycles. The molecule has 0 radical (unpaired) electrons. The summed E-state index contributed by atoms with van der Waals surface area (Å²) in [5, 5.41) is 6.38. The van der Waals surface area contributed by atoms with Crippen LogP contribution in [0, 0.1) is 0 Å². The van der Waals surface area contributed by atoms with Gasteiger partial charge in [-0.05, 0) is 19.4 Å². The second-order valence-corrected chi connectivity index (χ2v) is 5.24. The molecule has 19 heavy (non-hydrogen) atoms. The fraction of sp³-hybridized carbons (Fsp3) is 0.500. The Labute approximate surface area is 113 Å². The minimum Gasteiger partial charge on any atom is -0.291 e. The Morgan fingerprint density at radius 2 is 2.11 bits per heavy atom. The molecule has 1 rings (SSSR count). The van der Waals surface area contributed by atoms with E-state index >= 15 is 0 Å². The molecule has 0 aliphatic rings. The lowest BCUT2D eigenvalue weighted by Gasteiger charge is -2.17. The smallest absolute Gasteiger partial charge is 0.291 e. The van der Waals surface area contributed by atoms with E-state index in [0.717, 1.165) is 6.20 Å². The Balaban J connectivity index is 3.42. The summed E-state index contributed by atoms with van der Waals surface area (Å²) in [5.41, 5.74) is 7.21. The summed E-state index contributed by atoms with van der Waals surface area (Å²) in [6.45, 7) is 3.29. The minimum absolute atomic E-state index is 0.0567. The molecule has 0 saturated heterocycles. The Morgan fingerprint density at radius 3 is 2.58 bits per heavy atom. The lowest BCUT2D eigenvalue weighted by atomic mass is 10.5. The first-order chi connectivity index (χ1) is 9.00. The predicted octanol–water partition coefficient (Wildman–Crippen LogP) is 2.87. The number of rotatable bonds is 6. The Morgan fingerprint density at radius 1 is 1.53 bits per heavy atom. The molecule has 0 aliphatic heterocycles. The second-order valence-electron chi connectivity index (χ2n) is 3.03. The summed E-state index contributed by atoms with van der Waals surface area (Å²) in [6.07, 6.45) is 1.01. The van der Waals surface area contributed by atoms with Crippen molar-refractivity contribution in [2.24, 2.45) is 5.11 Å². The monoisotopic (exact) mass is 307 g/mol. The third-order valence-electron chi connectivity index (χ3n) is 1.85. The van der Waals surface area contributed by atoms with Crippen LogP contribution in [0.2, 0.25) is 5.02 Å². The molecule has 0 unspecified atom stereocenters. The van der Waals surface area contributed by atoms with Gasteiger partial charge < -0.3 is 0 Å². The van der Waals surface area contributed by atoms with Crippen LogP contribution in [0.15, 0.2) is 16.1 Å². The van der Waals surface area contributed by atoms with Gasteiger partial charge in [0.2, 0.25) is 0 Å². The van der Waals surface area contributed by atoms with Crippen molar-refractivity contribution in [1.82, 2.24) is 9.55 Å². The molecule has 104 valence electrons. The number of azide groups is 1. The van der Waals surface area contributed by atoms with Crippen molar-refractivity contribution in [3.63, 3.8) is 0 Å². The molecular weight excluding hydrogens is 297 g/mol. The first-order valence-corrected chi connectivity index (χ1v) is 7.10. The quantitative estimate of drug-likeness (QED) is 0.346. The maximum absolute atomic E-state index is 12.4. The fourth-order valence-corrected chi connectivity index (χ4v) is 2.85. The van der Waals surface area contributed by atoms with Crippen LogP contribution in [0.5, 0.6) is 0 Å². The summed E-state index contributed by atoms with van der Waals surface area (Å²) in [6, 6.07) is 0. The van der Waals surface area contributed by atoms with Gasteiger partial charge in [-0.1, -0.05) is 16.7 Å². The van der Waals surface area contributed by atoms with E-state index in [0.29, 0.717) is 4.45 Å². The van der Waals surface area contributed by atoms with Crippen LogP contribution in [-0.2, 0) is 13.6 Å². The number of nitrogens with zero attached hydrogens (tertiary/aromatic N) is 5. The van der Waals surface area contributed by atoms with Gasteiger partial charge in [0.25, 0.3) is 5.56 Å². The summed E-state index contributed by atoms with van der Waals surface area (Å²) in [5.74, 6) is 0. The normalized spacial score (nSPS) is 11.1. The van der Waals surface area contributed by atoms with E-state index in [2.05, 4.69) is 15.1 Å². The standard InChI is InChI=1S/C8H11ClN5O4P/c1-3-17-19(16,18-4-2)14-8(15)7(9)6(5-11-14)12-13-10/h5H,3-4H2,1-2H3. The number of halogens is 1. The lowest BCUT2D eigenvalue weighted by Crippen LogP contribution is -2.23. The molecule has 0 amide bonds. The molecule has 1 aromatic rings. The topological polar surface area (TPSA) is 119 Å². The summed E-state index contributed by atoms with van der Waals surface area (Å²) < 4.78 is 22.8. The number of hydrogen-bond acceptors (Lipinski definition) is 6. The van der Waals surface area contributed by atoms with Crippen LogP contribution < -0.4 is 5.56 Å².